The van der Waals surface area contributed by atoms with E-state index in [1.165, 1.54) is 0 Å². The van der Waals surface area contributed by atoms with Crippen LogP contribution in [0.1, 0.15) is 24.9 Å². The van der Waals surface area contributed by atoms with Crippen LogP contribution in [0.3, 0.4) is 0 Å². The van der Waals surface area contributed by atoms with Crippen molar-refractivity contribution in [2.45, 2.75) is 25.5 Å². The van der Waals surface area contributed by atoms with Gasteiger partial charge >= 0.3 is 0 Å². The van der Waals surface area contributed by atoms with Crippen LogP contribution in [0, 0.1) is 0 Å². The number of hydrogen-bond acceptors (Lipinski definition) is 4. The lowest BCUT2D eigenvalue weighted by Crippen LogP contribution is -2.21. The lowest BCUT2D eigenvalue weighted by Gasteiger charge is -2.12. The van der Waals surface area contributed by atoms with Gasteiger partial charge in [-0.25, -0.2) is 0 Å². The molecule has 0 aliphatic carbocycles. The summed E-state index contributed by atoms with van der Waals surface area (Å²) in [4.78, 5) is 0. The molecule has 4 N–H and O–H groups in total. The van der Waals surface area contributed by atoms with Gasteiger partial charge in [0.2, 0.25) is 0 Å². The maximum atomic E-state index is 9.11. The summed E-state index contributed by atoms with van der Waals surface area (Å²) < 4.78 is 5.28. The van der Waals surface area contributed by atoms with Crippen LogP contribution >= 0.6 is 0 Å². The van der Waals surface area contributed by atoms with Gasteiger partial charge in [0.25, 0.3) is 0 Å². The summed E-state index contributed by atoms with van der Waals surface area (Å²) in [6, 6.07) is 7.50. The van der Waals surface area contributed by atoms with E-state index < -0.39 is 6.10 Å². The van der Waals surface area contributed by atoms with Gasteiger partial charge < -0.3 is 20.7 Å². The first-order chi connectivity index (χ1) is 7.67. The van der Waals surface area contributed by atoms with Crippen molar-refractivity contribution in [3.63, 3.8) is 0 Å². The zero-order chi connectivity index (χ0) is 12.0. The largest absolute Gasteiger partial charge is 0.491 e. The van der Waals surface area contributed by atoms with Gasteiger partial charge in [0.15, 0.2) is 0 Å². The van der Waals surface area contributed by atoms with Crippen LogP contribution < -0.4 is 10.5 Å². The molecule has 0 bridgehead atoms. The number of rotatable bonds is 6. The minimum atomic E-state index is -0.836. The van der Waals surface area contributed by atoms with E-state index >= 15 is 0 Å². The first-order valence-electron chi connectivity index (χ1n) is 5.44. The normalized spacial score (nSPS) is 14.5. The Morgan fingerprint density at radius 3 is 2.44 bits per heavy atom. The summed E-state index contributed by atoms with van der Waals surface area (Å²) in [7, 11) is 0. The second-order valence-corrected chi connectivity index (χ2v) is 3.73. The van der Waals surface area contributed by atoms with Crippen molar-refractivity contribution >= 4 is 0 Å². The van der Waals surface area contributed by atoms with Gasteiger partial charge in [-0.3, -0.25) is 0 Å². The van der Waals surface area contributed by atoms with Gasteiger partial charge in [-0.1, -0.05) is 19.1 Å². The first kappa shape index (κ1) is 13.0. The Hall–Kier alpha value is -1.10. The maximum Gasteiger partial charge on any atom is 0.119 e. The molecule has 2 atom stereocenters. The van der Waals surface area contributed by atoms with Gasteiger partial charge in [-0.05, 0) is 24.1 Å². The summed E-state index contributed by atoms with van der Waals surface area (Å²) in [6.07, 6.45) is 0.0567. The van der Waals surface area contributed by atoms with E-state index in [2.05, 4.69) is 0 Å². The summed E-state index contributed by atoms with van der Waals surface area (Å²) in [5, 5.41) is 17.7. The highest BCUT2D eigenvalue weighted by atomic mass is 16.5. The van der Waals surface area contributed by atoms with Gasteiger partial charge in [0.1, 0.15) is 18.5 Å². The maximum absolute atomic E-state index is 9.11. The van der Waals surface area contributed by atoms with E-state index in [1.54, 1.807) is 0 Å². The fourth-order valence-corrected chi connectivity index (χ4v) is 1.29. The number of nitrogens with two attached hydrogens (primary N) is 1. The zero-order valence-corrected chi connectivity index (χ0v) is 9.47. The smallest absolute Gasteiger partial charge is 0.119 e. The molecular weight excluding hydrogens is 206 g/mol. The van der Waals surface area contributed by atoms with Crippen LogP contribution in [0.25, 0.3) is 0 Å². The lowest BCUT2D eigenvalue weighted by atomic mass is 10.1. The molecule has 0 aromatic heterocycles. The SMILES string of the molecule is CC[C@H](N)c1ccc(OCC(O)CO)cc1. The monoisotopic (exact) mass is 225 g/mol. The molecule has 0 saturated heterocycles. The summed E-state index contributed by atoms with van der Waals surface area (Å²) in [5.74, 6) is 0.666. The number of aliphatic hydroxyl groups excluding tert-OH is 2. The highest BCUT2D eigenvalue weighted by Crippen LogP contribution is 2.18. The second-order valence-electron chi connectivity index (χ2n) is 3.73. The van der Waals surface area contributed by atoms with Crippen LogP contribution in [0.15, 0.2) is 24.3 Å². The molecule has 0 spiro atoms. The molecule has 1 aromatic carbocycles. The van der Waals surface area contributed by atoms with E-state index in [0.717, 1.165) is 12.0 Å². The molecule has 0 saturated carbocycles. The number of aliphatic hydroxyl groups is 2. The van der Waals surface area contributed by atoms with Crippen LogP contribution in [-0.2, 0) is 0 Å². The molecule has 0 radical (unpaired) electrons. The molecule has 1 rings (SSSR count). The van der Waals surface area contributed by atoms with Gasteiger partial charge in [0, 0.05) is 6.04 Å². The second kappa shape index (κ2) is 6.48. The Morgan fingerprint density at radius 2 is 1.94 bits per heavy atom. The first-order valence-corrected chi connectivity index (χ1v) is 5.44. The van der Waals surface area contributed by atoms with E-state index in [0.29, 0.717) is 5.75 Å². The topological polar surface area (TPSA) is 75.7 Å². The third kappa shape index (κ3) is 3.81. The Balaban J connectivity index is 2.51. The van der Waals surface area contributed by atoms with Crippen LogP contribution in [0.2, 0.25) is 0 Å². The Labute approximate surface area is 95.7 Å². The Kier molecular flexibility index (Phi) is 5.25. The standard InChI is InChI=1S/C12H19NO3/c1-2-12(13)9-3-5-11(6-4-9)16-8-10(15)7-14/h3-6,10,12,14-15H,2,7-8,13H2,1H3/t10?,12-/m0/s1. The van der Waals surface area contributed by atoms with Crippen molar-refractivity contribution in [2.24, 2.45) is 5.73 Å². The minimum absolute atomic E-state index is 0.0529. The summed E-state index contributed by atoms with van der Waals surface area (Å²) in [5.41, 5.74) is 6.94. The molecule has 16 heavy (non-hydrogen) atoms. The highest BCUT2D eigenvalue weighted by Gasteiger charge is 2.05. The van der Waals surface area contributed by atoms with Crippen molar-refractivity contribution < 1.29 is 14.9 Å². The molecule has 0 aliphatic heterocycles. The highest BCUT2D eigenvalue weighted by molar-refractivity contribution is 5.28. The molecule has 0 heterocycles. The molecule has 4 heteroatoms. The molecular formula is C12H19NO3. The average molecular weight is 225 g/mol. The number of benzene rings is 1. The third-order valence-corrected chi connectivity index (χ3v) is 2.40. The molecule has 4 nitrogen and oxygen atoms in total. The van der Waals surface area contributed by atoms with Crippen LogP contribution in [0.5, 0.6) is 5.75 Å². The van der Waals surface area contributed by atoms with Gasteiger partial charge in [-0.2, -0.15) is 0 Å². The van der Waals surface area contributed by atoms with E-state index in [1.807, 2.05) is 31.2 Å². The molecule has 90 valence electrons. The van der Waals surface area contributed by atoms with Gasteiger partial charge in [0.05, 0.1) is 6.61 Å². The molecule has 0 aliphatic rings. The average Bonchev–Trinajstić information content (AvgIpc) is 2.35. The fraction of sp³-hybridized carbons (Fsp3) is 0.500. The molecule has 1 aromatic rings. The number of ether oxygens (including phenoxy) is 1. The molecule has 0 fully saturated rings. The Morgan fingerprint density at radius 1 is 1.31 bits per heavy atom. The van der Waals surface area contributed by atoms with Crippen molar-refractivity contribution in [1.29, 1.82) is 0 Å². The quantitative estimate of drug-likeness (QED) is 0.670. The van der Waals surface area contributed by atoms with Crippen LogP contribution in [0.4, 0.5) is 0 Å². The van der Waals surface area contributed by atoms with E-state index in [-0.39, 0.29) is 19.3 Å². The lowest BCUT2D eigenvalue weighted by molar-refractivity contribution is 0.0536. The number of hydrogen-bond donors (Lipinski definition) is 3. The molecule has 0 amide bonds. The Bertz CT molecular complexity index is 300. The summed E-state index contributed by atoms with van der Waals surface area (Å²) >= 11 is 0. The predicted octanol–water partition coefficient (Wildman–Crippen LogP) is 0.828. The van der Waals surface area contributed by atoms with Crippen LogP contribution in [-0.4, -0.2) is 29.5 Å². The predicted molar refractivity (Wildman–Crippen MR) is 62.2 cm³/mol. The van der Waals surface area contributed by atoms with Crippen molar-refractivity contribution in [1.82, 2.24) is 0 Å². The van der Waals surface area contributed by atoms with Crippen molar-refractivity contribution in [3.8, 4) is 5.75 Å². The van der Waals surface area contributed by atoms with Crippen molar-refractivity contribution in [2.75, 3.05) is 13.2 Å². The minimum Gasteiger partial charge on any atom is -0.491 e. The fourth-order valence-electron chi connectivity index (χ4n) is 1.29. The molecule has 1 unspecified atom stereocenters. The van der Waals surface area contributed by atoms with Crippen molar-refractivity contribution in [3.05, 3.63) is 29.8 Å². The summed E-state index contributed by atoms with van der Waals surface area (Å²) in [6.45, 7) is 1.83. The zero-order valence-electron chi connectivity index (χ0n) is 9.47. The third-order valence-electron chi connectivity index (χ3n) is 2.40. The van der Waals surface area contributed by atoms with E-state index in [4.69, 9.17) is 20.7 Å². The van der Waals surface area contributed by atoms with Gasteiger partial charge in [-0.15, -0.1) is 0 Å². The van der Waals surface area contributed by atoms with E-state index in [9.17, 15) is 0 Å².